The summed E-state index contributed by atoms with van der Waals surface area (Å²) in [6, 6.07) is 14.5. The number of nitrogens with one attached hydrogen (secondary N) is 2. The van der Waals surface area contributed by atoms with Crippen LogP contribution >= 0.6 is 0 Å². The van der Waals surface area contributed by atoms with Crippen molar-refractivity contribution in [3.8, 4) is 0 Å². The fourth-order valence-corrected chi connectivity index (χ4v) is 5.61. The van der Waals surface area contributed by atoms with Crippen LogP contribution in [0, 0.1) is 5.82 Å². The number of likely N-dealkylation sites (N-methyl/N-ethyl adjacent to an activating group) is 1. The lowest BCUT2D eigenvalue weighted by Crippen LogP contribution is -2.58. The van der Waals surface area contributed by atoms with Crippen molar-refractivity contribution in [3.63, 3.8) is 0 Å². The molecule has 3 amide bonds. The lowest BCUT2D eigenvalue weighted by Gasteiger charge is -2.38. The molecule has 2 aliphatic rings. The third kappa shape index (κ3) is 7.21. The standard InChI is InChI=1S/C32H41FN4O4/c1-4-37(29(39)26(35-30(40)31(2,3)34)21-41-20-22-11-7-5-8-12-22)19-25-27(23-13-15-24(33)16-14-23)28(38)36-32(25)17-9-6-10-18-32/h5,7-8,11-16,26H,4,6,9-10,17-21,34H2,1-3H3,(H,35,40)(H,36,38)/t26-/m1/s1. The van der Waals surface area contributed by atoms with Gasteiger partial charge in [-0.3, -0.25) is 14.4 Å². The summed E-state index contributed by atoms with van der Waals surface area (Å²) in [7, 11) is 0. The molecule has 1 atom stereocenters. The highest BCUT2D eigenvalue weighted by Crippen LogP contribution is 2.43. The van der Waals surface area contributed by atoms with Crippen molar-refractivity contribution in [2.24, 2.45) is 5.73 Å². The van der Waals surface area contributed by atoms with Crippen molar-refractivity contribution in [1.29, 1.82) is 0 Å². The molecule has 41 heavy (non-hydrogen) atoms. The number of ether oxygens (including phenoxy) is 1. The van der Waals surface area contributed by atoms with Crippen LogP contribution in [0.2, 0.25) is 0 Å². The molecule has 0 unspecified atom stereocenters. The number of carbonyl (C=O) groups excluding carboxylic acids is 3. The van der Waals surface area contributed by atoms with E-state index in [1.165, 1.54) is 12.1 Å². The Morgan fingerprint density at radius 3 is 2.37 bits per heavy atom. The zero-order valence-electron chi connectivity index (χ0n) is 24.2. The summed E-state index contributed by atoms with van der Waals surface area (Å²) in [6.07, 6.45) is 4.53. The average molecular weight is 565 g/mol. The topological polar surface area (TPSA) is 114 Å². The van der Waals surface area contributed by atoms with Gasteiger partial charge in [0.25, 0.3) is 5.91 Å². The van der Waals surface area contributed by atoms with E-state index in [2.05, 4.69) is 10.6 Å². The van der Waals surface area contributed by atoms with Gasteiger partial charge in [-0.05, 0) is 62.4 Å². The Balaban J connectivity index is 1.63. The number of nitrogens with zero attached hydrogens (tertiary/aromatic N) is 1. The van der Waals surface area contributed by atoms with Crippen molar-refractivity contribution in [1.82, 2.24) is 15.5 Å². The van der Waals surface area contributed by atoms with E-state index in [1.807, 2.05) is 37.3 Å². The first-order valence-corrected chi connectivity index (χ1v) is 14.4. The van der Waals surface area contributed by atoms with Gasteiger partial charge < -0.3 is 26.0 Å². The molecule has 1 aliphatic carbocycles. The van der Waals surface area contributed by atoms with Gasteiger partial charge in [0.15, 0.2) is 0 Å². The van der Waals surface area contributed by atoms with E-state index in [0.717, 1.165) is 43.2 Å². The lowest BCUT2D eigenvalue weighted by molar-refractivity contribution is -0.139. The van der Waals surface area contributed by atoms with Crippen LogP contribution in [0.15, 0.2) is 60.2 Å². The zero-order valence-corrected chi connectivity index (χ0v) is 24.2. The van der Waals surface area contributed by atoms with Crippen molar-refractivity contribution in [2.45, 2.75) is 76.6 Å². The zero-order chi connectivity index (χ0) is 29.6. The SMILES string of the molecule is CCN(CC1=C(c2ccc(F)cc2)C(=O)NC12CCCCC2)C(=O)[C@@H](COCc1ccccc1)NC(=O)C(C)(C)N. The van der Waals surface area contributed by atoms with Gasteiger partial charge in [0.1, 0.15) is 11.9 Å². The molecule has 2 aromatic carbocycles. The summed E-state index contributed by atoms with van der Waals surface area (Å²) in [5.74, 6) is -1.39. The largest absolute Gasteiger partial charge is 0.374 e. The fraction of sp³-hybridized carbons (Fsp3) is 0.469. The number of rotatable bonds is 11. The Bertz CT molecular complexity index is 1260. The third-order valence-electron chi connectivity index (χ3n) is 7.93. The Morgan fingerprint density at radius 1 is 1.10 bits per heavy atom. The Morgan fingerprint density at radius 2 is 1.76 bits per heavy atom. The van der Waals surface area contributed by atoms with E-state index in [9.17, 15) is 18.8 Å². The molecule has 0 saturated heterocycles. The molecule has 1 heterocycles. The van der Waals surface area contributed by atoms with Gasteiger partial charge in [-0.2, -0.15) is 0 Å². The number of carbonyl (C=O) groups is 3. The maximum Gasteiger partial charge on any atom is 0.252 e. The smallest absolute Gasteiger partial charge is 0.252 e. The molecule has 0 aromatic heterocycles. The molecule has 1 saturated carbocycles. The first-order chi connectivity index (χ1) is 19.5. The molecule has 220 valence electrons. The molecule has 1 fully saturated rings. The van der Waals surface area contributed by atoms with Gasteiger partial charge in [-0.15, -0.1) is 0 Å². The molecular weight excluding hydrogens is 523 g/mol. The van der Waals surface area contributed by atoms with Crippen LogP contribution in [0.3, 0.4) is 0 Å². The van der Waals surface area contributed by atoms with Crippen LogP contribution in [-0.4, -0.2) is 59.4 Å². The molecule has 2 aromatic rings. The van der Waals surface area contributed by atoms with Crippen LogP contribution in [0.25, 0.3) is 5.57 Å². The highest BCUT2D eigenvalue weighted by atomic mass is 19.1. The summed E-state index contributed by atoms with van der Waals surface area (Å²) in [5, 5.41) is 6.02. The molecule has 0 bridgehead atoms. The molecule has 1 aliphatic heterocycles. The second kappa shape index (κ2) is 13.0. The minimum atomic E-state index is -1.19. The summed E-state index contributed by atoms with van der Waals surface area (Å²) in [6.45, 7) is 5.80. The highest BCUT2D eigenvalue weighted by molar-refractivity contribution is 6.23. The Labute approximate surface area is 241 Å². The van der Waals surface area contributed by atoms with E-state index in [0.29, 0.717) is 17.7 Å². The fourth-order valence-electron chi connectivity index (χ4n) is 5.61. The van der Waals surface area contributed by atoms with Crippen LogP contribution in [0.5, 0.6) is 0 Å². The predicted molar refractivity (Wildman–Crippen MR) is 156 cm³/mol. The summed E-state index contributed by atoms with van der Waals surface area (Å²) in [4.78, 5) is 41.9. The Hall–Kier alpha value is -3.56. The molecular formula is C32H41FN4O4. The van der Waals surface area contributed by atoms with Crippen LogP contribution in [0.4, 0.5) is 4.39 Å². The first-order valence-electron chi connectivity index (χ1n) is 14.4. The minimum Gasteiger partial charge on any atom is -0.374 e. The van der Waals surface area contributed by atoms with Gasteiger partial charge >= 0.3 is 0 Å². The third-order valence-corrected chi connectivity index (χ3v) is 7.93. The number of amides is 3. The van der Waals surface area contributed by atoms with Crippen LogP contribution in [0.1, 0.15) is 64.0 Å². The normalized spacial score (nSPS) is 17.3. The molecule has 0 radical (unpaired) electrons. The van der Waals surface area contributed by atoms with Gasteiger partial charge in [0, 0.05) is 18.7 Å². The maximum atomic E-state index is 14.0. The maximum absolute atomic E-state index is 14.0. The van der Waals surface area contributed by atoms with Gasteiger partial charge in [-0.25, -0.2) is 4.39 Å². The highest BCUT2D eigenvalue weighted by Gasteiger charge is 2.46. The summed E-state index contributed by atoms with van der Waals surface area (Å²) in [5.41, 5.74) is 7.16. The number of benzene rings is 2. The summed E-state index contributed by atoms with van der Waals surface area (Å²) >= 11 is 0. The molecule has 4 N–H and O–H groups in total. The van der Waals surface area contributed by atoms with Gasteiger partial charge in [0.2, 0.25) is 11.8 Å². The second-order valence-electron chi connectivity index (χ2n) is 11.6. The second-order valence-corrected chi connectivity index (χ2v) is 11.6. The van der Waals surface area contributed by atoms with E-state index in [4.69, 9.17) is 10.5 Å². The van der Waals surface area contributed by atoms with Crippen molar-refractivity contribution >= 4 is 23.3 Å². The molecule has 1 spiro atoms. The number of halogens is 1. The van der Waals surface area contributed by atoms with E-state index >= 15 is 0 Å². The summed E-state index contributed by atoms with van der Waals surface area (Å²) < 4.78 is 19.6. The number of hydrogen-bond acceptors (Lipinski definition) is 5. The molecule has 4 rings (SSSR count). The number of hydrogen-bond donors (Lipinski definition) is 3. The van der Waals surface area contributed by atoms with E-state index in [1.54, 1.807) is 30.9 Å². The van der Waals surface area contributed by atoms with Crippen molar-refractivity contribution in [3.05, 3.63) is 77.1 Å². The van der Waals surface area contributed by atoms with Crippen LogP contribution < -0.4 is 16.4 Å². The van der Waals surface area contributed by atoms with Gasteiger partial charge in [0.05, 0.1) is 24.3 Å². The van der Waals surface area contributed by atoms with Gasteiger partial charge in [-0.1, -0.05) is 61.7 Å². The minimum absolute atomic E-state index is 0.0434. The van der Waals surface area contributed by atoms with Crippen molar-refractivity contribution in [2.75, 3.05) is 19.7 Å². The Kier molecular flexibility index (Phi) is 9.60. The monoisotopic (exact) mass is 564 g/mol. The van der Waals surface area contributed by atoms with E-state index in [-0.39, 0.29) is 37.4 Å². The quantitative estimate of drug-likeness (QED) is 0.385. The number of nitrogens with two attached hydrogens (primary N) is 1. The van der Waals surface area contributed by atoms with E-state index < -0.39 is 23.0 Å². The predicted octanol–water partition coefficient (Wildman–Crippen LogP) is 3.70. The molecule has 9 heteroatoms. The first kappa shape index (κ1) is 30.4. The lowest BCUT2D eigenvalue weighted by atomic mass is 9.76. The average Bonchev–Trinajstić information content (AvgIpc) is 3.20. The van der Waals surface area contributed by atoms with Crippen molar-refractivity contribution < 1.29 is 23.5 Å². The van der Waals surface area contributed by atoms with Crippen LogP contribution in [-0.2, 0) is 25.7 Å². The molecule has 8 nitrogen and oxygen atoms in total.